The standard InChI is InChI=1S/C13H19NO3/c1-9(5-11(14)7-15)4-10-2-3-12-13(6-10)17-8-16-12/h2-3,6,9,11,15H,4-5,7-8,14H2,1H3. The summed E-state index contributed by atoms with van der Waals surface area (Å²) in [5.41, 5.74) is 6.94. The molecule has 17 heavy (non-hydrogen) atoms. The SMILES string of the molecule is CC(Cc1ccc2c(c1)OCO2)CC(N)CO. The molecule has 0 aliphatic carbocycles. The Hall–Kier alpha value is -1.26. The first-order valence-corrected chi connectivity index (χ1v) is 5.94. The van der Waals surface area contributed by atoms with Crippen molar-refractivity contribution in [1.82, 2.24) is 0 Å². The molecule has 3 N–H and O–H groups in total. The maximum absolute atomic E-state index is 8.92. The van der Waals surface area contributed by atoms with Gasteiger partial charge in [0.2, 0.25) is 6.79 Å². The van der Waals surface area contributed by atoms with E-state index in [2.05, 4.69) is 13.0 Å². The number of aliphatic hydroxyl groups is 1. The smallest absolute Gasteiger partial charge is 0.231 e. The molecule has 1 aromatic rings. The lowest BCUT2D eigenvalue weighted by atomic mass is 9.95. The third-order valence-corrected chi connectivity index (χ3v) is 2.96. The Labute approximate surface area is 101 Å². The lowest BCUT2D eigenvalue weighted by Gasteiger charge is -2.15. The van der Waals surface area contributed by atoms with E-state index in [0.29, 0.717) is 12.7 Å². The van der Waals surface area contributed by atoms with Crippen LogP contribution in [0.3, 0.4) is 0 Å². The molecule has 4 heteroatoms. The van der Waals surface area contributed by atoms with Crippen LogP contribution in [0.1, 0.15) is 18.9 Å². The first kappa shape index (κ1) is 12.2. The van der Waals surface area contributed by atoms with E-state index < -0.39 is 0 Å². The van der Waals surface area contributed by atoms with Gasteiger partial charge in [-0.3, -0.25) is 0 Å². The van der Waals surface area contributed by atoms with Gasteiger partial charge in [-0.1, -0.05) is 13.0 Å². The first-order valence-electron chi connectivity index (χ1n) is 5.94. The van der Waals surface area contributed by atoms with Gasteiger partial charge in [0.25, 0.3) is 0 Å². The summed E-state index contributed by atoms with van der Waals surface area (Å²) in [6.07, 6.45) is 1.76. The number of rotatable bonds is 5. The molecule has 2 atom stereocenters. The summed E-state index contributed by atoms with van der Waals surface area (Å²) in [6, 6.07) is 5.88. The number of benzene rings is 1. The molecule has 1 aliphatic heterocycles. The molecule has 4 nitrogen and oxygen atoms in total. The fourth-order valence-corrected chi connectivity index (χ4v) is 2.14. The Morgan fingerprint density at radius 1 is 1.35 bits per heavy atom. The van der Waals surface area contributed by atoms with E-state index in [1.165, 1.54) is 5.56 Å². The monoisotopic (exact) mass is 237 g/mol. The molecule has 0 bridgehead atoms. The normalized spacial score (nSPS) is 16.9. The number of hydrogen-bond donors (Lipinski definition) is 2. The van der Waals surface area contributed by atoms with Crippen molar-refractivity contribution in [3.63, 3.8) is 0 Å². The molecule has 2 unspecified atom stereocenters. The van der Waals surface area contributed by atoms with E-state index in [4.69, 9.17) is 20.3 Å². The van der Waals surface area contributed by atoms with Crippen LogP contribution in [0.15, 0.2) is 18.2 Å². The zero-order chi connectivity index (χ0) is 12.3. The number of fused-ring (bicyclic) bond motifs is 1. The molecule has 1 aromatic carbocycles. The molecule has 0 fully saturated rings. The van der Waals surface area contributed by atoms with Gasteiger partial charge in [-0.15, -0.1) is 0 Å². The Kier molecular flexibility index (Phi) is 3.86. The highest BCUT2D eigenvalue weighted by Gasteiger charge is 2.15. The Morgan fingerprint density at radius 3 is 2.88 bits per heavy atom. The minimum absolute atomic E-state index is 0.0471. The van der Waals surface area contributed by atoms with E-state index in [1.54, 1.807) is 0 Å². The molecule has 1 aliphatic rings. The highest BCUT2D eigenvalue weighted by molar-refractivity contribution is 5.44. The van der Waals surface area contributed by atoms with Crippen LogP contribution in [-0.2, 0) is 6.42 Å². The second-order valence-corrected chi connectivity index (χ2v) is 4.68. The molecular formula is C13H19NO3. The average Bonchev–Trinajstić information content (AvgIpc) is 2.75. The van der Waals surface area contributed by atoms with Crippen LogP contribution in [0.4, 0.5) is 0 Å². The summed E-state index contributed by atoms with van der Waals surface area (Å²) >= 11 is 0. The first-order chi connectivity index (χ1) is 8.19. The summed E-state index contributed by atoms with van der Waals surface area (Å²) in [5.74, 6) is 2.08. The van der Waals surface area contributed by atoms with Crippen molar-refractivity contribution in [3.8, 4) is 11.5 Å². The maximum atomic E-state index is 8.92. The van der Waals surface area contributed by atoms with Gasteiger partial charge < -0.3 is 20.3 Å². The van der Waals surface area contributed by atoms with Crippen LogP contribution in [0.2, 0.25) is 0 Å². The van der Waals surface area contributed by atoms with Crippen LogP contribution in [0.5, 0.6) is 11.5 Å². The molecule has 1 heterocycles. The number of ether oxygens (including phenoxy) is 2. The third-order valence-electron chi connectivity index (χ3n) is 2.96. The molecule has 0 aromatic heterocycles. The van der Waals surface area contributed by atoms with E-state index in [9.17, 15) is 0 Å². The molecule has 2 rings (SSSR count). The van der Waals surface area contributed by atoms with E-state index in [-0.39, 0.29) is 12.6 Å². The molecule has 0 saturated carbocycles. The summed E-state index contributed by atoms with van der Waals surface area (Å²) in [7, 11) is 0. The number of nitrogens with two attached hydrogens (primary N) is 1. The number of aliphatic hydroxyl groups excluding tert-OH is 1. The van der Waals surface area contributed by atoms with Crippen LogP contribution in [0, 0.1) is 5.92 Å². The third kappa shape index (κ3) is 3.11. The van der Waals surface area contributed by atoms with Gasteiger partial charge in [-0.2, -0.15) is 0 Å². The van der Waals surface area contributed by atoms with Gasteiger partial charge in [0.1, 0.15) is 0 Å². The summed E-state index contributed by atoms with van der Waals surface area (Å²) in [4.78, 5) is 0. The lowest BCUT2D eigenvalue weighted by molar-refractivity contribution is 0.174. The van der Waals surface area contributed by atoms with Crippen molar-refractivity contribution >= 4 is 0 Å². The van der Waals surface area contributed by atoms with Crippen LogP contribution in [0.25, 0.3) is 0 Å². The number of hydrogen-bond acceptors (Lipinski definition) is 4. The quantitative estimate of drug-likeness (QED) is 0.810. The Morgan fingerprint density at radius 2 is 2.12 bits per heavy atom. The van der Waals surface area contributed by atoms with Crippen molar-refractivity contribution in [2.75, 3.05) is 13.4 Å². The Balaban J connectivity index is 1.94. The second kappa shape index (κ2) is 5.38. The fourth-order valence-electron chi connectivity index (χ4n) is 2.14. The minimum Gasteiger partial charge on any atom is -0.454 e. The molecule has 0 saturated heterocycles. The zero-order valence-electron chi connectivity index (χ0n) is 10.1. The molecule has 94 valence electrons. The maximum Gasteiger partial charge on any atom is 0.231 e. The van der Waals surface area contributed by atoms with Gasteiger partial charge in [-0.25, -0.2) is 0 Å². The van der Waals surface area contributed by atoms with Crippen molar-refractivity contribution < 1.29 is 14.6 Å². The molecule has 0 spiro atoms. The lowest BCUT2D eigenvalue weighted by Crippen LogP contribution is -2.27. The van der Waals surface area contributed by atoms with Gasteiger partial charge >= 0.3 is 0 Å². The van der Waals surface area contributed by atoms with Gasteiger partial charge in [-0.05, 0) is 36.5 Å². The fraction of sp³-hybridized carbons (Fsp3) is 0.538. The van der Waals surface area contributed by atoms with Crippen molar-refractivity contribution in [2.24, 2.45) is 11.7 Å². The minimum atomic E-state index is -0.126. The highest BCUT2D eigenvalue weighted by Crippen LogP contribution is 2.33. The summed E-state index contributed by atoms with van der Waals surface area (Å²) in [5, 5.41) is 8.92. The highest BCUT2D eigenvalue weighted by atomic mass is 16.7. The summed E-state index contributed by atoms with van der Waals surface area (Å²) < 4.78 is 10.6. The molecule has 0 radical (unpaired) electrons. The largest absolute Gasteiger partial charge is 0.454 e. The predicted molar refractivity (Wildman–Crippen MR) is 65.1 cm³/mol. The van der Waals surface area contributed by atoms with Crippen LogP contribution >= 0.6 is 0 Å². The topological polar surface area (TPSA) is 64.7 Å². The Bertz CT molecular complexity index is 381. The van der Waals surface area contributed by atoms with E-state index >= 15 is 0 Å². The van der Waals surface area contributed by atoms with Gasteiger partial charge in [0.05, 0.1) is 6.61 Å². The van der Waals surface area contributed by atoms with E-state index in [1.807, 2.05) is 12.1 Å². The van der Waals surface area contributed by atoms with Crippen molar-refractivity contribution in [1.29, 1.82) is 0 Å². The van der Waals surface area contributed by atoms with Crippen LogP contribution < -0.4 is 15.2 Å². The van der Waals surface area contributed by atoms with Gasteiger partial charge in [0.15, 0.2) is 11.5 Å². The van der Waals surface area contributed by atoms with E-state index in [0.717, 1.165) is 24.3 Å². The summed E-state index contributed by atoms with van der Waals surface area (Å²) in [6.45, 7) is 2.50. The second-order valence-electron chi connectivity index (χ2n) is 4.68. The molecular weight excluding hydrogens is 218 g/mol. The van der Waals surface area contributed by atoms with Gasteiger partial charge in [0, 0.05) is 6.04 Å². The predicted octanol–water partition coefficient (Wildman–Crippen LogP) is 1.30. The van der Waals surface area contributed by atoms with Crippen molar-refractivity contribution in [2.45, 2.75) is 25.8 Å². The average molecular weight is 237 g/mol. The van der Waals surface area contributed by atoms with Crippen LogP contribution in [-0.4, -0.2) is 24.5 Å². The van der Waals surface area contributed by atoms with Crippen molar-refractivity contribution in [3.05, 3.63) is 23.8 Å². The zero-order valence-corrected chi connectivity index (χ0v) is 10.1. The molecule has 0 amide bonds.